The second kappa shape index (κ2) is 7.19. The Hall–Kier alpha value is -3.22. The van der Waals surface area contributed by atoms with Gasteiger partial charge in [0, 0.05) is 31.8 Å². The van der Waals surface area contributed by atoms with Gasteiger partial charge in [-0.2, -0.15) is 0 Å². The van der Waals surface area contributed by atoms with Crippen molar-refractivity contribution in [2.45, 2.75) is 6.42 Å². The minimum Gasteiger partial charge on any atom is -0.486 e. The van der Waals surface area contributed by atoms with Gasteiger partial charge in [-0.1, -0.05) is 18.2 Å². The maximum Gasteiger partial charge on any atom is 0.243 e. The minimum atomic E-state index is -0.406. The average molecular weight is 367 g/mol. The van der Waals surface area contributed by atoms with Crippen molar-refractivity contribution in [1.82, 2.24) is 5.43 Å². The molecule has 0 aliphatic carbocycles. The van der Waals surface area contributed by atoms with Crippen molar-refractivity contribution < 1.29 is 19.1 Å². The lowest BCUT2D eigenvalue weighted by molar-refractivity contribution is -0.126. The predicted octanol–water partition coefficient (Wildman–Crippen LogP) is 1.98. The van der Waals surface area contributed by atoms with E-state index >= 15 is 0 Å². The van der Waals surface area contributed by atoms with Crippen molar-refractivity contribution in [3.8, 4) is 11.5 Å². The number of fused-ring (bicyclic) bond motifs is 1. The van der Waals surface area contributed by atoms with Crippen molar-refractivity contribution >= 4 is 23.2 Å². The zero-order chi connectivity index (χ0) is 18.8. The second-order valence-corrected chi connectivity index (χ2v) is 6.60. The molecule has 27 heavy (non-hydrogen) atoms. The summed E-state index contributed by atoms with van der Waals surface area (Å²) in [4.78, 5) is 26.7. The molecule has 2 aliphatic heterocycles. The number of hydrogen-bond acceptors (Lipinski definition) is 5. The van der Waals surface area contributed by atoms with Crippen LogP contribution < -0.4 is 24.8 Å². The van der Waals surface area contributed by atoms with Gasteiger partial charge in [0.15, 0.2) is 11.5 Å². The summed E-state index contributed by atoms with van der Waals surface area (Å²) in [6, 6.07) is 14.9. The fourth-order valence-electron chi connectivity index (χ4n) is 3.31. The van der Waals surface area contributed by atoms with Gasteiger partial charge in [0.25, 0.3) is 0 Å². The number of para-hydroxylation sites is 1. The third-order valence-corrected chi connectivity index (χ3v) is 4.75. The molecule has 1 unspecified atom stereocenters. The van der Waals surface area contributed by atoms with E-state index in [1.807, 2.05) is 36.4 Å². The summed E-state index contributed by atoms with van der Waals surface area (Å²) in [5.74, 6) is 0.652. The van der Waals surface area contributed by atoms with E-state index in [1.165, 1.54) is 0 Å². The van der Waals surface area contributed by atoms with Crippen molar-refractivity contribution in [1.29, 1.82) is 0 Å². The SMILES string of the molecule is CN(NC(=O)C1CC(=O)N(c2ccc3c(c2)OCCO3)C1)c1ccccc1. The molecule has 140 valence electrons. The van der Waals surface area contributed by atoms with Gasteiger partial charge < -0.3 is 14.4 Å². The first-order valence-electron chi connectivity index (χ1n) is 8.91. The molecule has 7 heteroatoms. The van der Waals surface area contributed by atoms with E-state index in [4.69, 9.17) is 9.47 Å². The number of amides is 2. The topological polar surface area (TPSA) is 71.1 Å². The lowest BCUT2D eigenvalue weighted by Crippen LogP contribution is -2.43. The highest BCUT2D eigenvalue weighted by molar-refractivity contribution is 6.00. The molecular weight excluding hydrogens is 346 g/mol. The Morgan fingerprint density at radius 1 is 1.11 bits per heavy atom. The minimum absolute atomic E-state index is 0.0748. The zero-order valence-electron chi connectivity index (χ0n) is 15.1. The van der Waals surface area contributed by atoms with Gasteiger partial charge in [-0.05, 0) is 24.3 Å². The Morgan fingerprint density at radius 3 is 2.63 bits per heavy atom. The third kappa shape index (κ3) is 3.53. The van der Waals surface area contributed by atoms with E-state index < -0.39 is 5.92 Å². The number of carbonyl (C=O) groups is 2. The number of hydrazine groups is 1. The average Bonchev–Trinajstić information content (AvgIpc) is 3.10. The fraction of sp³-hybridized carbons (Fsp3) is 0.300. The molecule has 0 spiro atoms. The van der Waals surface area contributed by atoms with Crippen LogP contribution in [0.2, 0.25) is 0 Å². The van der Waals surface area contributed by atoms with Crippen LogP contribution in [-0.4, -0.2) is 38.6 Å². The molecule has 0 radical (unpaired) electrons. The van der Waals surface area contributed by atoms with Crippen LogP contribution in [0.4, 0.5) is 11.4 Å². The molecule has 2 aliphatic rings. The van der Waals surface area contributed by atoms with E-state index in [0.29, 0.717) is 31.3 Å². The van der Waals surface area contributed by atoms with Gasteiger partial charge >= 0.3 is 0 Å². The first-order valence-corrected chi connectivity index (χ1v) is 8.91. The molecule has 0 bridgehead atoms. The maximum atomic E-state index is 12.6. The van der Waals surface area contributed by atoms with Crippen LogP contribution in [0, 0.1) is 5.92 Å². The molecule has 2 amide bonds. The van der Waals surface area contributed by atoms with Gasteiger partial charge in [0.05, 0.1) is 11.6 Å². The van der Waals surface area contributed by atoms with E-state index in [1.54, 1.807) is 29.1 Å². The van der Waals surface area contributed by atoms with Gasteiger partial charge in [-0.3, -0.25) is 20.0 Å². The van der Waals surface area contributed by atoms with E-state index in [2.05, 4.69) is 5.43 Å². The number of nitrogens with one attached hydrogen (secondary N) is 1. The van der Waals surface area contributed by atoms with E-state index in [-0.39, 0.29) is 18.2 Å². The van der Waals surface area contributed by atoms with Crippen molar-refractivity contribution in [2.24, 2.45) is 5.92 Å². The molecule has 1 saturated heterocycles. The number of hydrogen-bond donors (Lipinski definition) is 1. The number of carbonyl (C=O) groups excluding carboxylic acids is 2. The molecule has 4 rings (SSSR count). The molecule has 0 aromatic heterocycles. The molecular formula is C20H21N3O4. The van der Waals surface area contributed by atoms with Gasteiger partial charge in [0.1, 0.15) is 13.2 Å². The second-order valence-electron chi connectivity index (χ2n) is 6.60. The summed E-state index contributed by atoms with van der Waals surface area (Å²) in [5, 5.41) is 1.67. The van der Waals surface area contributed by atoms with Crippen LogP contribution >= 0.6 is 0 Å². The highest BCUT2D eigenvalue weighted by Gasteiger charge is 2.36. The first kappa shape index (κ1) is 17.2. The monoisotopic (exact) mass is 367 g/mol. The molecule has 2 heterocycles. The number of nitrogens with zero attached hydrogens (tertiary/aromatic N) is 2. The molecule has 2 aromatic rings. The molecule has 2 aromatic carbocycles. The van der Waals surface area contributed by atoms with Crippen LogP contribution in [0.15, 0.2) is 48.5 Å². The van der Waals surface area contributed by atoms with Crippen molar-refractivity contribution in [3.63, 3.8) is 0 Å². The number of benzene rings is 2. The van der Waals surface area contributed by atoms with Gasteiger partial charge in [-0.25, -0.2) is 0 Å². The van der Waals surface area contributed by atoms with Crippen molar-refractivity contribution in [2.75, 3.05) is 36.7 Å². The highest BCUT2D eigenvalue weighted by atomic mass is 16.6. The zero-order valence-corrected chi connectivity index (χ0v) is 15.1. The van der Waals surface area contributed by atoms with Crippen LogP contribution in [0.5, 0.6) is 11.5 Å². The Balaban J connectivity index is 1.43. The Kier molecular flexibility index (Phi) is 4.58. The Bertz CT molecular complexity index is 856. The Morgan fingerprint density at radius 2 is 1.85 bits per heavy atom. The van der Waals surface area contributed by atoms with Crippen LogP contribution in [0.1, 0.15) is 6.42 Å². The van der Waals surface area contributed by atoms with Crippen LogP contribution in [0.3, 0.4) is 0 Å². The maximum absolute atomic E-state index is 12.6. The first-order chi connectivity index (χ1) is 13.1. The van der Waals surface area contributed by atoms with E-state index in [0.717, 1.165) is 11.4 Å². The lowest BCUT2D eigenvalue weighted by Gasteiger charge is -2.23. The summed E-state index contributed by atoms with van der Waals surface area (Å²) >= 11 is 0. The Labute approximate surface area is 157 Å². The lowest BCUT2D eigenvalue weighted by atomic mass is 10.1. The number of anilines is 2. The molecule has 1 atom stereocenters. The number of rotatable bonds is 4. The quantitative estimate of drug-likeness (QED) is 0.837. The molecule has 7 nitrogen and oxygen atoms in total. The smallest absolute Gasteiger partial charge is 0.243 e. The van der Waals surface area contributed by atoms with Gasteiger partial charge in [-0.15, -0.1) is 0 Å². The molecule has 0 saturated carbocycles. The standard InChI is InChI=1S/C20H21N3O4/c1-22(15-5-3-2-4-6-15)21-20(25)14-11-19(24)23(13-14)16-7-8-17-18(12-16)27-10-9-26-17/h2-8,12,14H,9-11,13H2,1H3,(H,21,25). The summed E-state index contributed by atoms with van der Waals surface area (Å²) in [6.07, 6.45) is 0.183. The summed E-state index contributed by atoms with van der Waals surface area (Å²) in [6.45, 7) is 1.35. The number of ether oxygens (including phenoxy) is 2. The highest BCUT2D eigenvalue weighted by Crippen LogP contribution is 2.36. The third-order valence-electron chi connectivity index (χ3n) is 4.75. The normalized spacial score (nSPS) is 18.3. The summed E-state index contributed by atoms with van der Waals surface area (Å²) in [7, 11) is 1.78. The van der Waals surface area contributed by atoms with E-state index in [9.17, 15) is 9.59 Å². The van der Waals surface area contributed by atoms with Crippen LogP contribution in [-0.2, 0) is 9.59 Å². The fourth-order valence-corrected chi connectivity index (χ4v) is 3.31. The van der Waals surface area contributed by atoms with Crippen LogP contribution in [0.25, 0.3) is 0 Å². The summed E-state index contributed by atoms with van der Waals surface area (Å²) < 4.78 is 11.1. The van der Waals surface area contributed by atoms with Gasteiger partial charge in [0.2, 0.25) is 11.8 Å². The summed E-state index contributed by atoms with van der Waals surface area (Å²) in [5.41, 5.74) is 4.44. The largest absolute Gasteiger partial charge is 0.486 e. The van der Waals surface area contributed by atoms with Crippen molar-refractivity contribution in [3.05, 3.63) is 48.5 Å². The molecule has 1 N–H and O–H groups in total. The molecule has 1 fully saturated rings. The predicted molar refractivity (Wildman–Crippen MR) is 101 cm³/mol.